The van der Waals surface area contributed by atoms with Crippen LogP contribution in [0.15, 0.2) is 48.5 Å². The summed E-state index contributed by atoms with van der Waals surface area (Å²) in [5, 5.41) is 65.0. The molecule has 2 aliphatic rings. The van der Waals surface area contributed by atoms with E-state index in [0.717, 1.165) is 36.4 Å². The zero-order valence-corrected chi connectivity index (χ0v) is 57.0. The minimum Gasteiger partial charge on any atom is -0.493 e. The maximum absolute atomic E-state index is 14.1. The van der Waals surface area contributed by atoms with Crippen molar-refractivity contribution in [1.29, 1.82) is 0 Å². The number of likely N-dealkylation sites (tertiary alicyclic amines) is 2. The van der Waals surface area contributed by atoms with E-state index in [1.165, 1.54) is 64.2 Å². The first-order chi connectivity index (χ1) is 45.7. The summed E-state index contributed by atoms with van der Waals surface area (Å²) in [6.45, 7) is 15.8. The van der Waals surface area contributed by atoms with Gasteiger partial charge in [0, 0.05) is 57.0 Å². The Morgan fingerprint density at radius 3 is 1.04 bits per heavy atom. The van der Waals surface area contributed by atoms with Crippen molar-refractivity contribution in [3.05, 3.63) is 111 Å². The van der Waals surface area contributed by atoms with Crippen LogP contribution in [0.4, 0.5) is 22.7 Å². The molecule has 2 heterocycles. The average molecular weight is 1380 g/mol. The minimum absolute atomic E-state index is 0.0241. The molecule has 0 saturated carbocycles. The number of carbonyl (C=O) groups is 6. The van der Waals surface area contributed by atoms with Gasteiger partial charge in [0.2, 0.25) is 0 Å². The van der Waals surface area contributed by atoms with Gasteiger partial charge in [0.25, 0.3) is 34.6 Å². The van der Waals surface area contributed by atoms with Crippen molar-refractivity contribution in [3.63, 3.8) is 0 Å². The fraction of sp³-hybridized carbons (Fsp3) is 0.524. The molecule has 2 saturated heterocycles. The minimum atomic E-state index is -2.23. The molecule has 34 heteroatoms. The van der Waals surface area contributed by atoms with Crippen LogP contribution in [0.25, 0.3) is 0 Å². The Bertz CT molecular complexity index is 3470. The average Bonchev–Trinajstić information content (AvgIpc) is 1.76. The van der Waals surface area contributed by atoms with Crippen LogP contribution in [0.3, 0.4) is 0 Å². The molecule has 2 fully saturated rings. The maximum Gasteiger partial charge on any atom is 0.342 e. The summed E-state index contributed by atoms with van der Waals surface area (Å²) in [4.78, 5) is 120. The Balaban J connectivity index is 0.000000410. The van der Waals surface area contributed by atoms with Gasteiger partial charge in [-0.05, 0) is 63.1 Å². The van der Waals surface area contributed by atoms with Crippen molar-refractivity contribution >= 4 is 66.8 Å². The van der Waals surface area contributed by atoms with E-state index < -0.39 is 116 Å². The molecule has 33 nitrogen and oxygen atoms in total. The quantitative estimate of drug-likeness (QED) is 0.0144. The summed E-state index contributed by atoms with van der Waals surface area (Å²) in [6.07, 6.45) is 3.30. The van der Waals surface area contributed by atoms with Crippen molar-refractivity contribution in [2.75, 3.05) is 74.6 Å². The SMILES string of the molecule is CC[C@@H]1C[C@@H](OC(C)=O)CN1C(=O)c1cc(OC)c(OCCCCCOc2cc([N+](=O)[O-])c(C(=O)N3C[C@H](OC(C)=O)C[C@H]3CO[Si](C)(C)C(C)(C)C)cc2OC)cc1[N+](=O)[O-].COc1cc(C(=O)O)c([N+](=O)[O-])cc1OCCCCCOc1cc([N+](=O)[O-])c(C(=O)O)cc1OC. The Morgan fingerprint density at radius 1 is 0.485 bits per heavy atom. The lowest BCUT2D eigenvalue weighted by Gasteiger charge is -2.37. The molecule has 0 aliphatic carbocycles. The molecule has 2 N–H and O–H groups in total. The van der Waals surface area contributed by atoms with Crippen molar-refractivity contribution in [2.24, 2.45) is 0 Å². The zero-order valence-electron chi connectivity index (χ0n) is 56.0. The highest BCUT2D eigenvalue weighted by Crippen LogP contribution is 2.42. The molecule has 4 atom stereocenters. The fourth-order valence-electron chi connectivity index (χ4n) is 10.3. The van der Waals surface area contributed by atoms with Gasteiger partial charge in [-0.15, -0.1) is 0 Å². The number of hydrogen-bond donors (Lipinski definition) is 2. The number of hydrogen-bond acceptors (Lipinski definition) is 25. The number of carboxylic acid groups (broad SMARTS) is 2. The second kappa shape index (κ2) is 35.0. The van der Waals surface area contributed by atoms with Gasteiger partial charge in [0.15, 0.2) is 54.3 Å². The lowest BCUT2D eigenvalue weighted by molar-refractivity contribution is -0.385. The summed E-state index contributed by atoms with van der Waals surface area (Å²) in [5.41, 5.74) is -3.62. The van der Waals surface area contributed by atoms with Crippen LogP contribution in [0.1, 0.15) is 141 Å². The van der Waals surface area contributed by atoms with Gasteiger partial charge in [-0.1, -0.05) is 27.7 Å². The second-order valence-electron chi connectivity index (χ2n) is 23.9. The number of unbranched alkanes of at least 4 members (excludes halogenated alkanes) is 4. The summed E-state index contributed by atoms with van der Waals surface area (Å²) < 4.78 is 61.1. The highest BCUT2D eigenvalue weighted by atomic mass is 28.4. The van der Waals surface area contributed by atoms with Crippen LogP contribution < -0.4 is 37.9 Å². The predicted octanol–water partition coefficient (Wildman–Crippen LogP) is 10.4. The third-order valence-electron chi connectivity index (χ3n) is 16.3. The number of esters is 2. The number of benzene rings is 4. The molecular weight excluding hydrogens is 1300 g/mol. The van der Waals surface area contributed by atoms with Crippen LogP contribution in [0, 0.1) is 40.5 Å². The molecule has 0 spiro atoms. The number of methoxy groups -OCH3 is 4. The summed E-state index contributed by atoms with van der Waals surface area (Å²) >= 11 is 0. The standard InChI is InChI=1S/C42H60N4O15Si.C21H22N2O12/c1-11-28-17-30(60-26(2)47)23-43(28)40(49)32-19-36(55-7)38(21-34(32)45(51)52)57-15-13-12-14-16-58-39-22-35(46(53)54)33(20-37(39)56-8)41(50)44-24-31(61-27(3)48)18-29(44)25-59-62(9,10)42(4,5)6;1-32-16-8-12(20(24)25)14(22(28)29)10-18(16)34-6-4-3-5-7-35-19-11-15(23(30)31)13(21(26)27)9-17(19)33-2/h19-22,28-31H,11-18,23-25H2,1-10H3;8-11H,3-7H2,1-2H3,(H,24,25)(H,26,27)/t28-,29+,30-,31-;/m1./s1. The summed E-state index contributed by atoms with van der Waals surface area (Å²) in [5.74, 6) is -4.61. The predicted molar refractivity (Wildman–Crippen MR) is 346 cm³/mol. The number of ether oxygens (including phenoxy) is 10. The molecule has 0 radical (unpaired) electrons. The van der Waals surface area contributed by atoms with Gasteiger partial charge < -0.3 is 71.8 Å². The number of carboxylic acids is 2. The van der Waals surface area contributed by atoms with Crippen molar-refractivity contribution < 1.29 is 110 Å². The molecule has 0 aromatic heterocycles. The summed E-state index contributed by atoms with van der Waals surface area (Å²) in [7, 11) is 3.04. The van der Waals surface area contributed by atoms with Gasteiger partial charge in [0.1, 0.15) is 34.5 Å². The zero-order chi connectivity index (χ0) is 72.2. The van der Waals surface area contributed by atoms with Gasteiger partial charge in [-0.2, -0.15) is 0 Å². The molecule has 0 bridgehead atoms. The largest absolute Gasteiger partial charge is 0.493 e. The number of nitrogens with zero attached hydrogens (tertiary/aromatic N) is 6. The number of rotatable bonds is 34. The first kappa shape index (κ1) is 77.6. The lowest BCUT2D eigenvalue weighted by atomic mass is 10.1. The van der Waals surface area contributed by atoms with Gasteiger partial charge in [-0.3, -0.25) is 59.6 Å². The molecule has 6 rings (SSSR count). The van der Waals surface area contributed by atoms with E-state index in [-0.39, 0.29) is 114 Å². The second-order valence-corrected chi connectivity index (χ2v) is 28.7. The van der Waals surface area contributed by atoms with Crippen LogP contribution >= 0.6 is 0 Å². The number of nitro benzene ring substituents is 4. The van der Waals surface area contributed by atoms with Gasteiger partial charge in [-0.25, -0.2) is 9.59 Å². The van der Waals surface area contributed by atoms with E-state index in [4.69, 9.17) is 62.0 Å². The van der Waals surface area contributed by atoms with E-state index in [1.807, 2.05) is 6.92 Å². The van der Waals surface area contributed by atoms with Crippen LogP contribution in [0.2, 0.25) is 18.1 Å². The van der Waals surface area contributed by atoms with Crippen LogP contribution in [-0.4, -0.2) is 183 Å². The number of amides is 2. The normalized spacial score (nSPS) is 15.8. The Kier molecular flexibility index (Phi) is 28.0. The van der Waals surface area contributed by atoms with Crippen molar-refractivity contribution in [2.45, 2.75) is 142 Å². The topological polar surface area (TPSA) is 423 Å². The molecule has 2 aliphatic heterocycles. The molecule has 4 aromatic carbocycles. The Labute approximate surface area is 558 Å². The Hall–Kier alpha value is -10.1. The fourth-order valence-corrected chi connectivity index (χ4v) is 11.4. The first-order valence-corrected chi connectivity index (χ1v) is 33.7. The Morgan fingerprint density at radius 2 is 0.773 bits per heavy atom. The lowest BCUT2D eigenvalue weighted by Crippen LogP contribution is -2.46. The van der Waals surface area contributed by atoms with Crippen LogP contribution in [-0.2, 0) is 23.5 Å². The first-order valence-electron chi connectivity index (χ1n) is 30.8. The maximum atomic E-state index is 14.1. The van der Waals surface area contributed by atoms with E-state index in [9.17, 15) is 69.2 Å². The summed E-state index contributed by atoms with van der Waals surface area (Å²) in [6, 6.07) is 8.15. The van der Waals surface area contributed by atoms with Crippen molar-refractivity contribution in [3.8, 4) is 46.0 Å². The van der Waals surface area contributed by atoms with Crippen molar-refractivity contribution in [1.82, 2.24) is 9.80 Å². The van der Waals surface area contributed by atoms with E-state index >= 15 is 0 Å². The van der Waals surface area contributed by atoms with Gasteiger partial charge in [0.05, 0.1) is 125 Å². The highest BCUT2D eigenvalue weighted by molar-refractivity contribution is 6.74. The van der Waals surface area contributed by atoms with E-state index in [2.05, 4.69) is 33.9 Å². The monoisotopic (exact) mass is 1380 g/mol. The molecule has 4 aromatic rings. The molecule has 0 unspecified atom stereocenters. The smallest absolute Gasteiger partial charge is 0.342 e. The third-order valence-corrected chi connectivity index (χ3v) is 20.8. The number of aromatic carboxylic acids is 2. The molecular formula is C63H82N6O27Si. The molecule has 530 valence electrons. The van der Waals surface area contributed by atoms with Crippen LogP contribution in [0.5, 0.6) is 46.0 Å². The third kappa shape index (κ3) is 20.7. The van der Waals surface area contributed by atoms with E-state index in [1.54, 1.807) is 0 Å². The molecule has 97 heavy (non-hydrogen) atoms. The highest BCUT2D eigenvalue weighted by Gasteiger charge is 2.44. The van der Waals surface area contributed by atoms with Gasteiger partial charge >= 0.3 is 23.9 Å². The number of carbonyl (C=O) groups excluding carboxylic acids is 4. The number of nitro groups is 4. The van der Waals surface area contributed by atoms with E-state index in [0.29, 0.717) is 57.8 Å². The molecule has 2 amide bonds.